The van der Waals surface area contributed by atoms with Crippen LogP contribution < -0.4 is 5.32 Å². The van der Waals surface area contributed by atoms with Gasteiger partial charge in [-0.15, -0.1) is 0 Å². The van der Waals surface area contributed by atoms with Gasteiger partial charge in [-0.3, -0.25) is 9.59 Å². The molecule has 4 rings (SSSR count). The second-order valence-corrected chi connectivity index (χ2v) is 11.3. The first-order valence-electron chi connectivity index (χ1n) is 11.1. The summed E-state index contributed by atoms with van der Waals surface area (Å²) in [6.45, 7) is 7.70. The molecule has 2 fully saturated rings. The van der Waals surface area contributed by atoms with Crippen LogP contribution >= 0.6 is 15.9 Å². The van der Waals surface area contributed by atoms with Crippen molar-refractivity contribution in [3.05, 3.63) is 70.2 Å². The zero-order chi connectivity index (χ0) is 22.2. The minimum atomic E-state index is -0.583. The molecule has 1 heterocycles. The molecule has 0 radical (unpaired) electrons. The van der Waals surface area contributed by atoms with Crippen molar-refractivity contribution in [3.8, 4) is 0 Å². The number of likely N-dealkylation sites (tertiary alicyclic amines) is 1. The molecule has 3 atom stereocenters. The Morgan fingerprint density at radius 1 is 1.10 bits per heavy atom. The normalized spacial score (nSPS) is 25.2. The van der Waals surface area contributed by atoms with E-state index >= 15 is 0 Å². The molecule has 31 heavy (non-hydrogen) atoms. The van der Waals surface area contributed by atoms with Crippen molar-refractivity contribution in [1.82, 2.24) is 10.2 Å². The van der Waals surface area contributed by atoms with Gasteiger partial charge >= 0.3 is 0 Å². The van der Waals surface area contributed by atoms with Gasteiger partial charge in [-0.2, -0.15) is 0 Å². The van der Waals surface area contributed by atoms with Gasteiger partial charge in [0.15, 0.2) is 0 Å². The van der Waals surface area contributed by atoms with Crippen LogP contribution in [0.15, 0.2) is 59.1 Å². The molecule has 2 aromatic carbocycles. The fourth-order valence-electron chi connectivity index (χ4n) is 5.84. The third kappa shape index (κ3) is 5.03. The van der Waals surface area contributed by atoms with Crippen LogP contribution in [0.3, 0.4) is 0 Å². The highest BCUT2D eigenvalue weighted by Crippen LogP contribution is 2.52. The molecule has 0 spiro atoms. The lowest BCUT2D eigenvalue weighted by Crippen LogP contribution is -2.51. The van der Waals surface area contributed by atoms with Crippen molar-refractivity contribution in [2.45, 2.75) is 58.5 Å². The number of nitrogens with one attached hydrogen (secondary N) is 1. The molecule has 2 aliphatic rings. The minimum absolute atomic E-state index is 0.0404. The molecule has 2 bridgehead atoms. The minimum Gasteiger partial charge on any atom is -0.340 e. The number of halogens is 1. The van der Waals surface area contributed by atoms with E-state index in [1.165, 1.54) is 0 Å². The Bertz CT molecular complexity index is 974. The predicted molar refractivity (Wildman–Crippen MR) is 127 cm³/mol. The average Bonchev–Trinajstić information content (AvgIpc) is 2.96. The van der Waals surface area contributed by atoms with Crippen LogP contribution in [0.4, 0.5) is 0 Å². The highest BCUT2D eigenvalue weighted by atomic mass is 79.9. The van der Waals surface area contributed by atoms with E-state index in [0.717, 1.165) is 35.8 Å². The van der Waals surface area contributed by atoms with Crippen LogP contribution in [0.2, 0.25) is 0 Å². The Balaban J connectivity index is 1.58. The molecule has 3 unspecified atom stereocenters. The molecule has 1 N–H and O–H groups in total. The van der Waals surface area contributed by atoms with E-state index in [0.29, 0.717) is 12.0 Å². The fraction of sp³-hybridized carbons (Fsp3) is 0.462. The Hall–Kier alpha value is -2.14. The number of hydrogen-bond acceptors (Lipinski definition) is 2. The van der Waals surface area contributed by atoms with E-state index in [4.69, 9.17) is 0 Å². The highest BCUT2D eigenvalue weighted by Gasteiger charge is 2.51. The third-order valence-electron chi connectivity index (χ3n) is 6.67. The largest absolute Gasteiger partial charge is 0.340 e. The number of rotatable bonds is 5. The Morgan fingerprint density at radius 2 is 1.84 bits per heavy atom. The van der Waals surface area contributed by atoms with Gasteiger partial charge in [-0.1, -0.05) is 73.1 Å². The highest BCUT2D eigenvalue weighted by molar-refractivity contribution is 9.10. The number of carbonyl (C=O) groups excluding carboxylic acids is 2. The topological polar surface area (TPSA) is 49.4 Å². The molecule has 2 amide bonds. The van der Waals surface area contributed by atoms with Gasteiger partial charge in [0.05, 0.1) is 0 Å². The first-order valence-corrected chi connectivity index (χ1v) is 11.8. The molecular formula is C26H31BrN2O2. The molecule has 4 nitrogen and oxygen atoms in total. The lowest BCUT2D eigenvalue weighted by atomic mass is 9.65. The van der Waals surface area contributed by atoms with Crippen molar-refractivity contribution in [1.29, 1.82) is 0 Å². The van der Waals surface area contributed by atoms with E-state index in [-0.39, 0.29) is 28.7 Å². The van der Waals surface area contributed by atoms with E-state index in [2.05, 4.69) is 46.9 Å². The summed E-state index contributed by atoms with van der Waals surface area (Å²) in [5.41, 5.74) is 1.99. The van der Waals surface area contributed by atoms with Crippen LogP contribution in [0.1, 0.15) is 56.0 Å². The van der Waals surface area contributed by atoms with E-state index in [9.17, 15) is 9.59 Å². The lowest BCUT2D eigenvalue weighted by Gasteiger charge is -2.39. The summed E-state index contributed by atoms with van der Waals surface area (Å²) in [5, 5.41) is 3.05. The van der Waals surface area contributed by atoms with Crippen molar-refractivity contribution >= 4 is 27.7 Å². The second kappa shape index (κ2) is 8.42. The molecule has 5 heteroatoms. The van der Waals surface area contributed by atoms with E-state index in [1.807, 2.05) is 42.5 Å². The molecular weight excluding hydrogens is 452 g/mol. The van der Waals surface area contributed by atoms with Gasteiger partial charge in [0.2, 0.25) is 5.91 Å². The average molecular weight is 483 g/mol. The molecule has 1 aliphatic heterocycles. The van der Waals surface area contributed by atoms with Crippen molar-refractivity contribution in [2.24, 2.45) is 10.8 Å². The maximum Gasteiger partial charge on any atom is 0.251 e. The van der Waals surface area contributed by atoms with Crippen molar-refractivity contribution in [3.63, 3.8) is 0 Å². The number of fused-ring (bicyclic) bond motifs is 2. The van der Waals surface area contributed by atoms with E-state index in [1.54, 1.807) is 12.1 Å². The van der Waals surface area contributed by atoms with E-state index < -0.39 is 6.04 Å². The van der Waals surface area contributed by atoms with Gasteiger partial charge in [-0.05, 0) is 53.9 Å². The number of amides is 2. The SMILES string of the molecule is CC1(C)CC2CC(C)(CN2C(=O)C(Cc2ccccc2)NC(=O)c2cccc(Br)c2)C1. The Labute approximate surface area is 193 Å². The Kier molecular flexibility index (Phi) is 5.99. The maximum atomic E-state index is 13.8. The van der Waals surface area contributed by atoms with Gasteiger partial charge in [0.25, 0.3) is 5.91 Å². The quantitative estimate of drug-likeness (QED) is 0.634. The smallest absolute Gasteiger partial charge is 0.251 e. The standard InChI is InChI=1S/C26H31BrN2O2/c1-25(2)14-21-15-26(3,16-25)17-29(21)24(31)22(12-18-8-5-4-6-9-18)28-23(30)19-10-7-11-20(27)13-19/h4-11,13,21-22H,12,14-17H2,1-3H3,(H,28,30). The van der Waals surface area contributed by atoms with Crippen LogP contribution in [-0.2, 0) is 11.2 Å². The van der Waals surface area contributed by atoms with Crippen LogP contribution in [-0.4, -0.2) is 35.3 Å². The number of benzene rings is 2. The molecule has 0 aromatic heterocycles. The summed E-state index contributed by atoms with van der Waals surface area (Å²) in [4.78, 5) is 28.8. The molecule has 164 valence electrons. The summed E-state index contributed by atoms with van der Waals surface area (Å²) in [7, 11) is 0. The third-order valence-corrected chi connectivity index (χ3v) is 7.16. The van der Waals surface area contributed by atoms with Crippen LogP contribution in [0, 0.1) is 10.8 Å². The summed E-state index contributed by atoms with van der Waals surface area (Å²) in [6.07, 6.45) is 3.70. The molecule has 2 aromatic rings. The number of carbonyl (C=O) groups is 2. The van der Waals surface area contributed by atoms with Gasteiger partial charge in [0.1, 0.15) is 6.04 Å². The zero-order valence-corrected chi connectivity index (χ0v) is 20.1. The summed E-state index contributed by atoms with van der Waals surface area (Å²) in [5.74, 6) is -0.178. The fourth-order valence-corrected chi connectivity index (χ4v) is 6.24. The predicted octanol–water partition coefficient (Wildman–Crippen LogP) is 5.22. The summed E-state index contributed by atoms with van der Waals surface area (Å²) >= 11 is 3.43. The van der Waals surface area contributed by atoms with Crippen molar-refractivity contribution in [2.75, 3.05) is 6.54 Å². The molecule has 1 saturated heterocycles. The molecule has 1 saturated carbocycles. The summed E-state index contributed by atoms with van der Waals surface area (Å²) < 4.78 is 0.842. The monoisotopic (exact) mass is 482 g/mol. The maximum absolute atomic E-state index is 13.8. The van der Waals surface area contributed by atoms with Crippen molar-refractivity contribution < 1.29 is 9.59 Å². The van der Waals surface area contributed by atoms with Crippen LogP contribution in [0.5, 0.6) is 0 Å². The van der Waals surface area contributed by atoms with Crippen LogP contribution in [0.25, 0.3) is 0 Å². The Morgan fingerprint density at radius 3 is 2.55 bits per heavy atom. The second-order valence-electron chi connectivity index (χ2n) is 10.4. The summed E-state index contributed by atoms with van der Waals surface area (Å²) in [6, 6.07) is 16.9. The zero-order valence-electron chi connectivity index (χ0n) is 18.5. The first kappa shape index (κ1) is 22.1. The first-order chi connectivity index (χ1) is 14.6. The number of hydrogen-bond donors (Lipinski definition) is 1. The van der Waals surface area contributed by atoms with Gasteiger partial charge in [-0.25, -0.2) is 0 Å². The van der Waals surface area contributed by atoms with Gasteiger partial charge in [0, 0.05) is 29.0 Å². The lowest BCUT2D eigenvalue weighted by molar-refractivity contribution is -0.134. The van der Waals surface area contributed by atoms with Gasteiger partial charge < -0.3 is 10.2 Å². The number of nitrogens with zero attached hydrogens (tertiary/aromatic N) is 1. The molecule has 1 aliphatic carbocycles.